The van der Waals surface area contributed by atoms with Crippen LogP contribution in [0, 0.1) is 0 Å². The van der Waals surface area contributed by atoms with Crippen molar-refractivity contribution in [2.45, 2.75) is 32.9 Å². The lowest BCUT2D eigenvalue weighted by molar-refractivity contribution is 0.542. The number of hydrogen-bond donors (Lipinski definition) is 1. The standard InChI is InChI=1S/C9H17ClN4/c1-2-6-14-9(12-8-13-14)7-11-5-3-4-10/h8,11H,2-7H2,1H3. The van der Waals surface area contributed by atoms with Crippen molar-refractivity contribution in [1.82, 2.24) is 20.1 Å². The van der Waals surface area contributed by atoms with Gasteiger partial charge >= 0.3 is 0 Å². The summed E-state index contributed by atoms with van der Waals surface area (Å²) in [6.45, 7) is 4.78. The lowest BCUT2D eigenvalue weighted by atomic mass is 10.4. The predicted molar refractivity (Wildman–Crippen MR) is 57.4 cm³/mol. The Kier molecular flexibility index (Phi) is 5.56. The number of alkyl halides is 1. The number of nitrogens with zero attached hydrogens (tertiary/aromatic N) is 3. The summed E-state index contributed by atoms with van der Waals surface area (Å²) in [6, 6.07) is 0. The molecule has 1 aromatic rings. The highest BCUT2D eigenvalue weighted by Gasteiger charge is 2.01. The van der Waals surface area contributed by atoms with Crippen LogP contribution in [0.3, 0.4) is 0 Å². The topological polar surface area (TPSA) is 42.7 Å². The molecule has 1 heterocycles. The van der Waals surface area contributed by atoms with Gasteiger partial charge in [-0.3, -0.25) is 0 Å². The lowest BCUT2D eigenvalue weighted by Crippen LogP contribution is -2.19. The van der Waals surface area contributed by atoms with E-state index in [1.165, 1.54) is 0 Å². The van der Waals surface area contributed by atoms with E-state index in [0.717, 1.165) is 38.3 Å². The smallest absolute Gasteiger partial charge is 0.140 e. The van der Waals surface area contributed by atoms with Gasteiger partial charge in [-0.1, -0.05) is 6.92 Å². The second kappa shape index (κ2) is 6.79. The fraction of sp³-hybridized carbons (Fsp3) is 0.778. The molecule has 0 fully saturated rings. The van der Waals surface area contributed by atoms with Gasteiger partial charge < -0.3 is 5.32 Å². The first kappa shape index (κ1) is 11.5. The Morgan fingerprint density at radius 1 is 1.57 bits per heavy atom. The SMILES string of the molecule is CCCn1ncnc1CNCCCCl. The van der Waals surface area contributed by atoms with Crippen molar-refractivity contribution in [3.63, 3.8) is 0 Å². The van der Waals surface area contributed by atoms with Crippen molar-refractivity contribution in [3.8, 4) is 0 Å². The highest BCUT2D eigenvalue weighted by Crippen LogP contribution is 1.95. The molecule has 0 saturated heterocycles. The van der Waals surface area contributed by atoms with E-state index in [1.54, 1.807) is 6.33 Å². The monoisotopic (exact) mass is 216 g/mol. The van der Waals surface area contributed by atoms with Gasteiger partial charge in [0.2, 0.25) is 0 Å². The first-order valence-electron chi connectivity index (χ1n) is 5.01. The molecule has 0 aromatic carbocycles. The van der Waals surface area contributed by atoms with E-state index in [1.807, 2.05) is 4.68 Å². The summed E-state index contributed by atoms with van der Waals surface area (Å²) < 4.78 is 1.94. The van der Waals surface area contributed by atoms with Gasteiger partial charge in [-0.2, -0.15) is 5.10 Å². The fourth-order valence-electron chi connectivity index (χ4n) is 1.22. The van der Waals surface area contributed by atoms with Crippen LogP contribution in [0.4, 0.5) is 0 Å². The summed E-state index contributed by atoms with van der Waals surface area (Å²) in [7, 11) is 0. The molecule has 4 nitrogen and oxygen atoms in total. The highest BCUT2D eigenvalue weighted by atomic mass is 35.5. The zero-order valence-electron chi connectivity index (χ0n) is 8.54. The minimum absolute atomic E-state index is 0.703. The summed E-state index contributed by atoms with van der Waals surface area (Å²) in [6.07, 6.45) is 3.68. The zero-order valence-corrected chi connectivity index (χ0v) is 9.30. The highest BCUT2D eigenvalue weighted by molar-refractivity contribution is 6.17. The second-order valence-electron chi connectivity index (χ2n) is 3.12. The predicted octanol–water partition coefficient (Wildman–Crippen LogP) is 1.41. The summed E-state index contributed by atoms with van der Waals surface area (Å²) in [5.74, 6) is 1.70. The van der Waals surface area contributed by atoms with Crippen LogP contribution in [0.1, 0.15) is 25.6 Å². The Labute approximate surface area is 89.7 Å². The van der Waals surface area contributed by atoms with Crippen LogP contribution >= 0.6 is 11.6 Å². The normalized spacial score (nSPS) is 10.7. The van der Waals surface area contributed by atoms with Crippen LogP contribution in [-0.4, -0.2) is 27.2 Å². The van der Waals surface area contributed by atoms with E-state index >= 15 is 0 Å². The molecule has 0 bridgehead atoms. The van der Waals surface area contributed by atoms with Crippen LogP contribution in [-0.2, 0) is 13.1 Å². The molecule has 1 N–H and O–H groups in total. The summed E-state index contributed by atoms with van der Waals surface area (Å²) in [5.41, 5.74) is 0. The molecule has 1 rings (SSSR count). The Bertz CT molecular complexity index is 249. The third-order valence-electron chi connectivity index (χ3n) is 1.90. The van der Waals surface area contributed by atoms with E-state index in [9.17, 15) is 0 Å². The molecule has 0 radical (unpaired) electrons. The largest absolute Gasteiger partial charge is 0.310 e. The lowest BCUT2D eigenvalue weighted by Gasteiger charge is -2.05. The Balaban J connectivity index is 2.30. The third-order valence-corrected chi connectivity index (χ3v) is 2.17. The summed E-state index contributed by atoms with van der Waals surface area (Å²) >= 11 is 5.57. The maximum atomic E-state index is 5.57. The van der Waals surface area contributed by atoms with Gasteiger partial charge in [-0.25, -0.2) is 9.67 Å². The van der Waals surface area contributed by atoms with E-state index in [4.69, 9.17) is 11.6 Å². The van der Waals surface area contributed by atoms with Gasteiger partial charge in [0.15, 0.2) is 0 Å². The van der Waals surface area contributed by atoms with Crippen molar-refractivity contribution in [1.29, 1.82) is 0 Å². The number of nitrogens with one attached hydrogen (secondary N) is 1. The van der Waals surface area contributed by atoms with Gasteiger partial charge in [-0.15, -0.1) is 11.6 Å². The van der Waals surface area contributed by atoms with Gasteiger partial charge in [0.1, 0.15) is 12.2 Å². The molecular weight excluding hydrogens is 200 g/mol. The molecule has 0 atom stereocenters. The fourth-order valence-corrected chi connectivity index (χ4v) is 1.35. The Morgan fingerprint density at radius 2 is 2.43 bits per heavy atom. The summed E-state index contributed by atoms with van der Waals surface area (Å²) in [5, 5.41) is 7.42. The minimum Gasteiger partial charge on any atom is -0.310 e. The number of aryl methyl sites for hydroxylation is 1. The number of hydrogen-bond acceptors (Lipinski definition) is 3. The van der Waals surface area contributed by atoms with Crippen LogP contribution in [0.5, 0.6) is 0 Å². The third kappa shape index (κ3) is 3.64. The van der Waals surface area contributed by atoms with E-state index in [0.29, 0.717) is 5.88 Å². The molecular formula is C9H17ClN4. The Morgan fingerprint density at radius 3 is 3.14 bits per heavy atom. The van der Waals surface area contributed by atoms with E-state index < -0.39 is 0 Å². The van der Waals surface area contributed by atoms with Crippen LogP contribution in [0.15, 0.2) is 6.33 Å². The van der Waals surface area contributed by atoms with Crippen LogP contribution < -0.4 is 5.32 Å². The molecule has 14 heavy (non-hydrogen) atoms. The van der Waals surface area contributed by atoms with Crippen molar-refractivity contribution in [2.24, 2.45) is 0 Å². The van der Waals surface area contributed by atoms with Crippen molar-refractivity contribution in [3.05, 3.63) is 12.2 Å². The van der Waals surface area contributed by atoms with Crippen LogP contribution in [0.2, 0.25) is 0 Å². The first-order chi connectivity index (χ1) is 6.88. The molecule has 0 saturated carbocycles. The number of halogens is 1. The molecule has 0 amide bonds. The molecule has 0 spiro atoms. The minimum atomic E-state index is 0.703. The second-order valence-corrected chi connectivity index (χ2v) is 3.50. The average Bonchev–Trinajstić information content (AvgIpc) is 2.61. The Hall–Kier alpha value is -0.610. The zero-order chi connectivity index (χ0) is 10.2. The van der Waals surface area contributed by atoms with E-state index in [-0.39, 0.29) is 0 Å². The van der Waals surface area contributed by atoms with Crippen molar-refractivity contribution in [2.75, 3.05) is 12.4 Å². The number of rotatable bonds is 7. The van der Waals surface area contributed by atoms with Gasteiger partial charge in [0.25, 0.3) is 0 Å². The maximum Gasteiger partial charge on any atom is 0.140 e. The quantitative estimate of drug-likeness (QED) is 0.554. The number of aromatic nitrogens is 3. The maximum absolute atomic E-state index is 5.57. The molecule has 0 aliphatic rings. The molecule has 0 aliphatic heterocycles. The van der Waals surface area contributed by atoms with E-state index in [2.05, 4.69) is 22.3 Å². The molecule has 1 aromatic heterocycles. The molecule has 0 aliphatic carbocycles. The molecule has 80 valence electrons. The average molecular weight is 217 g/mol. The van der Waals surface area contributed by atoms with Gasteiger partial charge in [0, 0.05) is 12.4 Å². The summed E-state index contributed by atoms with van der Waals surface area (Å²) in [4.78, 5) is 4.19. The molecule has 5 heteroatoms. The first-order valence-corrected chi connectivity index (χ1v) is 5.55. The van der Waals surface area contributed by atoms with Gasteiger partial charge in [-0.05, 0) is 19.4 Å². The molecule has 0 unspecified atom stereocenters. The van der Waals surface area contributed by atoms with Crippen molar-refractivity contribution < 1.29 is 0 Å². The van der Waals surface area contributed by atoms with Crippen molar-refractivity contribution >= 4 is 11.6 Å². The van der Waals surface area contributed by atoms with Gasteiger partial charge in [0.05, 0.1) is 6.54 Å². The van der Waals surface area contributed by atoms with Crippen LogP contribution in [0.25, 0.3) is 0 Å².